The molecule has 1 aromatic carbocycles. The van der Waals surface area contributed by atoms with Gasteiger partial charge in [-0.3, -0.25) is 4.99 Å². The van der Waals surface area contributed by atoms with E-state index in [0.717, 1.165) is 18.7 Å². The highest BCUT2D eigenvalue weighted by atomic mass is 15.0. The lowest BCUT2D eigenvalue weighted by Gasteiger charge is -2.14. The minimum absolute atomic E-state index is 0.354. The summed E-state index contributed by atoms with van der Waals surface area (Å²) in [7, 11) is 0. The van der Waals surface area contributed by atoms with Crippen molar-refractivity contribution in [3.05, 3.63) is 35.9 Å². The maximum Gasteiger partial charge on any atom is 0.0971 e. The number of aryl methyl sites for hydroxylation is 1. The fraction of sp³-hybridized carbons (Fsp3) is 0.533. The van der Waals surface area contributed by atoms with Crippen molar-refractivity contribution in [3.8, 4) is 0 Å². The maximum atomic E-state index is 4.64. The van der Waals surface area contributed by atoms with Gasteiger partial charge in [-0.15, -0.1) is 0 Å². The zero-order valence-electron chi connectivity index (χ0n) is 11.4. The molecule has 0 spiro atoms. The quantitative estimate of drug-likeness (QED) is 0.610. The summed E-state index contributed by atoms with van der Waals surface area (Å²) in [6.45, 7) is 8.53. The summed E-state index contributed by atoms with van der Waals surface area (Å²) in [5, 5.41) is 3.43. The number of nitrogens with one attached hydrogen (secondary N) is 1. The van der Waals surface area contributed by atoms with E-state index < -0.39 is 0 Å². The molecule has 1 aromatic rings. The highest BCUT2D eigenvalue weighted by Crippen LogP contribution is 2.04. The molecule has 0 unspecified atom stereocenters. The van der Waals surface area contributed by atoms with Gasteiger partial charge in [0.15, 0.2) is 0 Å². The first-order valence-corrected chi connectivity index (χ1v) is 6.45. The van der Waals surface area contributed by atoms with Crippen LogP contribution in [0.1, 0.15) is 39.7 Å². The number of hydrogen-bond donors (Lipinski definition) is 1. The van der Waals surface area contributed by atoms with Crippen LogP contribution in [-0.2, 0) is 6.42 Å². The molecule has 0 aliphatic carbocycles. The Morgan fingerprint density at radius 3 is 2.29 bits per heavy atom. The summed E-state index contributed by atoms with van der Waals surface area (Å²) in [6, 6.07) is 11.4. The van der Waals surface area contributed by atoms with E-state index in [1.54, 1.807) is 0 Å². The van der Waals surface area contributed by atoms with Gasteiger partial charge in [-0.25, -0.2) is 0 Å². The predicted molar refractivity (Wildman–Crippen MR) is 75.6 cm³/mol. The number of hydrogen-bond acceptors (Lipinski definition) is 1. The maximum absolute atomic E-state index is 4.64. The summed E-state index contributed by atoms with van der Waals surface area (Å²) in [5.41, 5.74) is 1.37. The molecule has 0 aliphatic heterocycles. The lowest BCUT2D eigenvalue weighted by molar-refractivity contribution is 0.702. The molecule has 0 radical (unpaired) electrons. The standard InChI is InChI=1S/C15H24N2/c1-12(2)16-15(17-13(3)4)11-10-14-8-6-5-7-9-14/h5-9,12-13H,10-11H2,1-4H3,(H,16,17). The molecule has 0 heterocycles. The van der Waals surface area contributed by atoms with Crippen LogP contribution < -0.4 is 5.32 Å². The number of benzene rings is 1. The van der Waals surface area contributed by atoms with Gasteiger partial charge in [0.25, 0.3) is 0 Å². The highest BCUT2D eigenvalue weighted by molar-refractivity contribution is 5.82. The largest absolute Gasteiger partial charge is 0.372 e. The fourth-order valence-corrected chi connectivity index (χ4v) is 1.73. The van der Waals surface area contributed by atoms with Gasteiger partial charge in [-0.05, 0) is 39.7 Å². The lowest BCUT2D eigenvalue weighted by Crippen LogP contribution is -2.31. The summed E-state index contributed by atoms with van der Waals surface area (Å²) < 4.78 is 0. The van der Waals surface area contributed by atoms with Crippen LogP contribution >= 0.6 is 0 Å². The minimum Gasteiger partial charge on any atom is -0.372 e. The molecule has 0 saturated carbocycles. The normalized spacial score (nSPS) is 12.2. The Bertz CT molecular complexity index is 339. The molecule has 1 rings (SSSR count). The molecule has 0 aromatic heterocycles. The van der Waals surface area contributed by atoms with Crippen molar-refractivity contribution in [1.82, 2.24) is 5.32 Å². The monoisotopic (exact) mass is 232 g/mol. The first-order chi connectivity index (χ1) is 8.08. The average molecular weight is 232 g/mol. The van der Waals surface area contributed by atoms with Crippen molar-refractivity contribution in [3.63, 3.8) is 0 Å². The third kappa shape index (κ3) is 6.10. The summed E-state index contributed by atoms with van der Waals surface area (Å²) in [4.78, 5) is 4.64. The van der Waals surface area contributed by atoms with Gasteiger partial charge in [0.1, 0.15) is 0 Å². The molecule has 17 heavy (non-hydrogen) atoms. The molecule has 94 valence electrons. The molecule has 0 amide bonds. The Kier molecular flexibility index (Phi) is 5.75. The molecule has 0 atom stereocenters. The van der Waals surface area contributed by atoms with Crippen LogP contribution in [0.3, 0.4) is 0 Å². The van der Waals surface area contributed by atoms with E-state index in [0.29, 0.717) is 12.1 Å². The topological polar surface area (TPSA) is 24.4 Å². The number of aliphatic imine (C=N–C) groups is 1. The van der Waals surface area contributed by atoms with Gasteiger partial charge in [0, 0.05) is 18.5 Å². The Morgan fingerprint density at radius 2 is 1.76 bits per heavy atom. The van der Waals surface area contributed by atoms with Gasteiger partial charge >= 0.3 is 0 Å². The SMILES string of the molecule is CC(C)N=C(CCc1ccccc1)NC(C)C. The number of rotatable bonds is 5. The van der Waals surface area contributed by atoms with Crippen molar-refractivity contribution in [2.45, 2.75) is 52.6 Å². The second-order valence-electron chi connectivity index (χ2n) is 4.95. The summed E-state index contributed by atoms with van der Waals surface area (Å²) in [6.07, 6.45) is 2.03. The smallest absolute Gasteiger partial charge is 0.0971 e. The van der Waals surface area contributed by atoms with Crippen molar-refractivity contribution in [2.75, 3.05) is 0 Å². The minimum atomic E-state index is 0.354. The van der Waals surface area contributed by atoms with Crippen LogP contribution in [-0.4, -0.2) is 17.9 Å². The first-order valence-electron chi connectivity index (χ1n) is 6.45. The zero-order chi connectivity index (χ0) is 12.7. The van der Waals surface area contributed by atoms with Gasteiger partial charge in [0.05, 0.1) is 5.84 Å². The van der Waals surface area contributed by atoms with Crippen LogP contribution in [0.25, 0.3) is 0 Å². The van der Waals surface area contributed by atoms with E-state index in [4.69, 9.17) is 0 Å². The zero-order valence-corrected chi connectivity index (χ0v) is 11.4. The molecule has 0 bridgehead atoms. The molecule has 2 heteroatoms. The molecular formula is C15H24N2. The third-order valence-electron chi connectivity index (χ3n) is 2.36. The van der Waals surface area contributed by atoms with Crippen LogP contribution in [0.2, 0.25) is 0 Å². The molecular weight excluding hydrogens is 208 g/mol. The molecule has 2 nitrogen and oxygen atoms in total. The summed E-state index contributed by atoms with van der Waals surface area (Å²) in [5.74, 6) is 1.12. The predicted octanol–water partition coefficient (Wildman–Crippen LogP) is 3.42. The van der Waals surface area contributed by atoms with Crippen molar-refractivity contribution in [2.24, 2.45) is 4.99 Å². The Balaban J connectivity index is 2.55. The summed E-state index contributed by atoms with van der Waals surface area (Å²) >= 11 is 0. The Morgan fingerprint density at radius 1 is 1.12 bits per heavy atom. The fourth-order valence-electron chi connectivity index (χ4n) is 1.73. The lowest BCUT2D eigenvalue weighted by atomic mass is 10.1. The first kappa shape index (κ1) is 13.8. The van der Waals surface area contributed by atoms with Crippen molar-refractivity contribution < 1.29 is 0 Å². The van der Waals surface area contributed by atoms with E-state index in [1.807, 2.05) is 0 Å². The van der Waals surface area contributed by atoms with Crippen molar-refractivity contribution >= 4 is 5.84 Å². The van der Waals surface area contributed by atoms with Gasteiger partial charge in [-0.1, -0.05) is 30.3 Å². The Labute approximate surface area is 105 Å². The molecule has 1 N–H and O–H groups in total. The second-order valence-corrected chi connectivity index (χ2v) is 4.95. The van der Waals surface area contributed by atoms with Crippen molar-refractivity contribution in [1.29, 1.82) is 0 Å². The average Bonchev–Trinajstić information content (AvgIpc) is 2.26. The van der Waals surface area contributed by atoms with Crippen LogP contribution in [0.5, 0.6) is 0 Å². The third-order valence-corrected chi connectivity index (χ3v) is 2.36. The van der Waals surface area contributed by atoms with Crippen LogP contribution in [0, 0.1) is 0 Å². The van der Waals surface area contributed by atoms with E-state index in [9.17, 15) is 0 Å². The van der Waals surface area contributed by atoms with E-state index >= 15 is 0 Å². The molecule has 0 saturated heterocycles. The van der Waals surface area contributed by atoms with E-state index in [-0.39, 0.29) is 0 Å². The van der Waals surface area contributed by atoms with Gasteiger partial charge < -0.3 is 5.32 Å². The number of nitrogens with zero attached hydrogens (tertiary/aromatic N) is 1. The van der Waals surface area contributed by atoms with E-state index in [2.05, 4.69) is 68.3 Å². The van der Waals surface area contributed by atoms with Gasteiger partial charge in [0.2, 0.25) is 0 Å². The number of amidine groups is 1. The second kappa shape index (κ2) is 7.10. The van der Waals surface area contributed by atoms with Gasteiger partial charge in [-0.2, -0.15) is 0 Å². The molecule has 0 aliphatic rings. The highest BCUT2D eigenvalue weighted by Gasteiger charge is 2.03. The molecule has 0 fully saturated rings. The van der Waals surface area contributed by atoms with Crippen LogP contribution in [0.15, 0.2) is 35.3 Å². The van der Waals surface area contributed by atoms with Crippen LogP contribution in [0.4, 0.5) is 0 Å². The van der Waals surface area contributed by atoms with E-state index in [1.165, 1.54) is 5.56 Å². The Hall–Kier alpha value is -1.31.